The summed E-state index contributed by atoms with van der Waals surface area (Å²) < 4.78 is 0. The molecular weight excluding hydrogens is 276 g/mol. The first-order chi connectivity index (χ1) is 10.6. The Balaban J connectivity index is 0.00000116. The van der Waals surface area contributed by atoms with Crippen LogP contribution in [0.1, 0.15) is 42.3 Å². The topological polar surface area (TPSA) is 53.4 Å². The van der Waals surface area contributed by atoms with Gasteiger partial charge in [0.2, 0.25) is 0 Å². The second-order valence-corrected chi connectivity index (χ2v) is 4.74. The van der Waals surface area contributed by atoms with E-state index < -0.39 is 5.97 Å². The molecule has 0 unspecified atom stereocenters. The first kappa shape index (κ1) is 17.7. The molecule has 22 heavy (non-hydrogen) atoms. The van der Waals surface area contributed by atoms with Crippen molar-refractivity contribution in [1.82, 2.24) is 4.98 Å². The van der Waals surface area contributed by atoms with Crippen LogP contribution in [-0.2, 0) is 6.42 Å². The van der Waals surface area contributed by atoms with Crippen LogP contribution in [0.2, 0.25) is 0 Å². The molecule has 0 aliphatic heterocycles. The van der Waals surface area contributed by atoms with Gasteiger partial charge in [-0.3, -0.25) is 4.98 Å². The number of nitrogens with zero attached hydrogens (tertiary/aromatic N) is 2. The molecule has 0 aliphatic carbocycles. The molecule has 1 aromatic carbocycles. The standard InChI is InChI=1S/C16H18N2O2.C2H6/c1-3-18(2)15-6-4-12(5-7-15)8-13-9-14(16(19)20)11-17-10-13;1-2/h4-7,9-11H,3,8H2,1-2H3,(H,19,20);1-2H3. The van der Waals surface area contributed by atoms with E-state index in [4.69, 9.17) is 5.11 Å². The molecule has 1 N–H and O–H groups in total. The predicted octanol–water partition coefficient (Wildman–Crippen LogP) is 3.85. The minimum Gasteiger partial charge on any atom is -0.478 e. The van der Waals surface area contributed by atoms with Crippen molar-refractivity contribution in [2.75, 3.05) is 18.5 Å². The Morgan fingerprint density at radius 3 is 2.32 bits per heavy atom. The first-order valence-corrected chi connectivity index (χ1v) is 7.57. The molecule has 0 saturated heterocycles. The van der Waals surface area contributed by atoms with Gasteiger partial charge in [-0.25, -0.2) is 4.79 Å². The molecule has 0 spiro atoms. The normalized spacial score (nSPS) is 9.64. The van der Waals surface area contributed by atoms with Crippen LogP contribution in [0.25, 0.3) is 0 Å². The number of hydrogen-bond acceptors (Lipinski definition) is 3. The number of carboxylic acid groups (broad SMARTS) is 1. The third-order valence-corrected chi connectivity index (χ3v) is 3.30. The maximum Gasteiger partial charge on any atom is 0.337 e. The Kier molecular flexibility index (Phi) is 7.09. The number of aromatic nitrogens is 1. The summed E-state index contributed by atoms with van der Waals surface area (Å²) >= 11 is 0. The summed E-state index contributed by atoms with van der Waals surface area (Å²) in [7, 11) is 2.05. The van der Waals surface area contributed by atoms with E-state index in [2.05, 4.69) is 48.1 Å². The molecule has 2 rings (SSSR count). The van der Waals surface area contributed by atoms with Crippen LogP contribution in [-0.4, -0.2) is 29.7 Å². The van der Waals surface area contributed by atoms with E-state index in [-0.39, 0.29) is 5.56 Å². The summed E-state index contributed by atoms with van der Waals surface area (Å²) in [6, 6.07) is 9.95. The van der Waals surface area contributed by atoms with Gasteiger partial charge < -0.3 is 10.0 Å². The monoisotopic (exact) mass is 300 g/mol. The average molecular weight is 300 g/mol. The fraction of sp³-hybridized carbons (Fsp3) is 0.333. The van der Waals surface area contributed by atoms with Gasteiger partial charge in [0.05, 0.1) is 5.56 Å². The van der Waals surface area contributed by atoms with Crippen molar-refractivity contribution in [2.24, 2.45) is 0 Å². The van der Waals surface area contributed by atoms with Crippen molar-refractivity contribution in [2.45, 2.75) is 27.2 Å². The molecule has 4 nitrogen and oxygen atoms in total. The number of pyridine rings is 1. The van der Waals surface area contributed by atoms with Gasteiger partial charge in [-0.05, 0) is 42.7 Å². The molecular formula is C18H24N2O2. The highest BCUT2D eigenvalue weighted by Crippen LogP contribution is 2.16. The van der Waals surface area contributed by atoms with Crippen molar-refractivity contribution in [3.63, 3.8) is 0 Å². The van der Waals surface area contributed by atoms with Gasteiger partial charge in [-0.1, -0.05) is 26.0 Å². The summed E-state index contributed by atoms with van der Waals surface area (Å²) in [4.78, 5) is 17.0. The van der Waals surface area contributed by atoms with Gasteiger partial charge in [0.25, 0.3) is 0 Å². The maximum absolute atomic E-state index is 10.9. The lowest BCUT2D eigenvalue weighted by molar-refractivity contribution is 0.0696. The highest BCUT2D eigenvalue weighted by atomic mass is 16.4. The second kappa shape index (κ2) is 8.82. The van der Waals surface area contributed by atoms with E-state index in [1.165, 1.54) is 11.9 Å². The smallest absolute Gasteiger partial charge is 0.337 e. The minimum absolute atomic E-state index is 0.227. The van der Waals surface area contributed by atoms with Crippen molar-refractivity contribution in [3.8, 4) is 0 Å². The zero-order chi connectivity index (χ0) is 16.5. The molecule has 1 aromatic heterocycles. The van der Waals surface area contributed by atoms with Crippen LogP contribution in [0, 0.1) is 0 Å². The first-order valence-electron chi connectivity index (χ1n) is 7.57. The van der Waals surface area contributed by atoms with Crippen LogP contribution < -0.4 is 4.90 Å². The van der Waals surface area contributed by atoms with Gasteiger partial charge in [-0.2, -0.15) is 0 Å². The molecule has 2 aromatic rings. The van der Waals surface area contributed by atoms with Crippen molar-refractivity contribution in [1.29, 1.82) is 0 Å². The molecule has 0 saturated carbocycles. The molecule has 4 heteroatoms. The summed E-state index contributed by atoms with van der Waals surface area (Å²) in [5.74, 6) is -0.945. The average Bonchev–Trinajstić information content (AvgIpc) is 2.57. The summed E-state index contributed by atoms with van der Waals surface area (Å²) in [6.45, 7) is 7.07. The Morgan fingerprint density at radius 2 is 1.77 bits per heavy atom. The summed E-state index contributed by atoms with van der Waals surface area (Å²) in [6.07, 6.45) is 3.76. The number of aromatic carboxylic acids is 1. The molecule has 0 fully saturated rings. The fourth-order valence-corrected chi connectivity index (χ4v) is 1.99. The molecule has 118 valence electrons. The van der Waals surface area contributed by atoms with E-state index in [9.17, 15) is 4.79 Å². The Hall–Kier alpha value is -2.36. The quantitative estimate of drug-likeness (QED) is 0.911. The Bertz CT molecular complexity index is 594. The number of carbonyl (C=O) groups is 1. The van der Waals surface area contributed by atoms with Crippen LogP contribution >= 0.6 is 0 Å². The van der Waals surface area contributed by atoms with Crippen LogP contribution in [0.3, 0.4) is 0 Å². The minimum atomic E-state index is -0.945. The van der Waals surface area contributed by atoms with Gasteiger partial charge in [0.15, 0.2) is 0 Å². The summed E-state index contributed by atoms with van der Waals surface area (Å²) in [5.41, 5.74) is 3.45. The number of rotatable bonds is 5. The lowest BCUT2D eigenvalue weighted by atomic mass is 10.0. The van der Waals surface area contributed by atoms with E-state index in [1.807, 2.05) is 13.8 Å². The number of anilines is 1. The van der Waals surface area contributed by atoms with Gasteiger partial charge in [-0.15, -0.1) is 0 Å². The summed E-state index contributed by atoms with van der Waals surface area (Å²) in [5, 5.41) is 8.95. The van der Waals surface area contributed by atoms with Crippen molar-refractivity contribution in [3.05, 3.63) is 59.4 Å². The molecule has 0 aliphatic rings. The van der Waals surface area contributed by atoms with E-state index in [0.717, 1.165) is 17.7 Å². The van der Waals surface area contributed by atoms with E-state index >= 15 is 0 Å². The number of hydrogen-bond donors (Lipinski definition) is 1. The number of carboxylic acids is 1. The number of benzene rings is 1. The fourth-order valence-electron chi connectivity index (χ4n) is 1.99. The lowest BCUT2D eigenvalue weighted by Gasteiger charge is -2.16. The van der Waals surface area contributed by atoms with Crippen LogP contribution in [0.15, 0.2) is 42.7 Å². The highest BCUT2D eigenvalue weighted by Gasteiger charge is 2.05. The zero-order valence-corrected chi connectivity index (χ0v) is 13.7. The maximum atomic E-state index is 10.9. The highest BCUT2D eigenvalue weighted by molar-refractivity contribution is 5.87. The van der Waals surface area contributed by atoms with Crippen LogP contribution in [0.4, 0.5) is 5.69 Å². The van der Waals surface area contributed by atoms with Gasteiger partial charge >= 0.3 is 5.97 Å². The zero-order valence-electron chi connectivity index (χ0n) is 13.7. The second-order valence-electron chi connectivity index (χ2n) is 4.74. The largest absolute Gasteiger partial charge is 0.478 e. The third-order valence-electron chi connectivity index (χ3n) is 3.30. The Morgan fingerprint density at radius 1 is 1.14 bits per heavy atom. The molecule has 0 bridgehead atoms. The van der Waals surface area contributed by atoms with E-state index in [1.54, 1.807) is 12.3 Å². The lowest BCUT2D eigenvalue weighted by Crippen LogP contribution is -2.15. The third kappa shape index (κ3) is 4.88. The molecule has 0 atom stereocenters. The van der Waals surface area contributed by atoms with E-state index in [0.29, 0.717) is 6.42 Å². The molecule has 1 heterocycles. The van der Waals surface area contributed by atoms with Gasteiger partial charge in [0.1, 0.15) is 0 Å². The van der Waals surface area contributed by atoms with Gasteiger partial charge in [0, 0.05) is 31.7 Å². The van der Waals surface area contributed by atoms with Crippen molar-refractivity contribution >= 4 is 11.7 Å². The van der Waals surface area contributed by atoms with Crippen LogP contribution in [0.5, 0.6) is 0 Å². The molecule has 0 radical (unpaired) electrons. The Labute approximate surface area is 132 Å². The SMILES string of the molecule is CC.CCN(C)c1ccc(Cc2cncc(C(=O)O)c2)cc1. The van der Waals surface area contributed by atoms with Crippen molar-refractivity contribution < 1.29 is 9.90 Å². The predicted molar refractivity (Wildman–Crippen MR) is 90.7 cm³/mol. The molecule has 0 amide bonds.